The van der Waals surface area contributed by atoms with E-state index in [-0.39, 0.29) is 11.6 Å². The number of nitro benzene ring substituents is 1. The molecular weight excluding hydrogens is 440 g/mol. The lowest BCUT2D eigenvalue weighted by Crippen LogP contribution is -2.47. The summed E-state index contributed by atoms with van der Waals surface area (Å²) in [7, 11) is 0. The molecule has 3 aromatic rings. The Labute approximate surface area is 194 Å². The van der Waals surface area contributed by atoms with Gasteiger partial charge in [-0.2, -0.15) is 4.99 Å². The predicted molar refractivity (Wildman–Crippen MR) is 129 cm³/mol. The van der Waals surface area contributed by atoms with E-state index in [0.717, 1.165) is 36.9 Å². The third-order valence-corrected chi connectivity index (χ3v) is 6.59. The van der Waals surface area contributed by atoms with Crippen LogP contribution in [0.4, 0.5) is 11.4 Å². The fourth-order valence-electron chi connectivity index (χ4n) is 3.79. The molecule has 1 fully saturated rings. The van der Waals surface area contributed by atoms with Gasteiger partial charge in [0.25, 0.3) is 11.6 Å². The van der Waals surface area contributed by atoms with Crippen LogP contribution in [0.3, 0.4) is 0 Å². The summed E-state index contributed by atoms with van der Waals surface area (Å²) < 4.78 is 5.84. The van der Waals surface area contributed by atoms with Crippen LogP contribution in [0.1, 0.15) is 5.76 Å². The van der Waals surface area contributed by atoms with Gasteiger partial charge in [0, 0.05) is 55.6 Å². The number of piperazine rings is 1. The van der Waals surface area contributed by atoms with E-state index in [1.165, 1.54) is 29.6 Å². The van der Waals surface area contributed by atoms with Crippen molar-refractivity contribution < 1.29 is 14.1 Å². The number of benzene rings is 2. The van der Waals surface area contributed by atoms with Crippen LogP contribution in [0, 0.1) is 10.1 Å². The van der Waals surface area contributed by atoms with Crippen molar-refractivity contribution in [2.24, 2.45) is 4.99 Å². The monoisotopic (exact) mass is 460 g/mol. The van der Waals surface area contributed by atoms with Gasteiger partial charge in [0.05, 0.1) is 9.83 Å². The molecule has 8 nitrogen and oxygen atoms in total. The van der Waals surface area contributed by atoms with Crippen molar-refractivity contribution in [3.05, 3.63) is 87.5 Å². The minimum absolute atomic E-state index is 0.0230. The van der Waals surface area contributed by atoms with Crippen LogP contribution >= 0.6 is 11.8 Å². The number of rotatable bonds is 4. The summed E-state index contributed by atoms with van der Waals surface area (Å²) in [6.07, 6.45) is 1.69. The van der Waals surface area contributed by atoms with Crippen LogP contribution in [0.2, 0.25) is 0 Å². The Bertz CT molecular complexity index is 1240. The summed E-state index contributed by atoms with van der Waals surface area (Å²) in [5, 5.41) is 11.5. The second-order valence-corrected chi connectivity index (χ2v) is 8.63. The highest BCUT2D eigenvalue weighted by atomic mass is 32.2. The number of anilines is 1. The van der Waals surface area contributed by atoms with Gasteiger partial charge in [-0.05, 0) is 48.2 Å². The SMILES string of the molecule is O=C1N=C(N2CCN(c3ccccc3)CC2)SC1=Cc1ccc(-c2ccc([N+](=O)[O-])cc2)o1. The van der Waals surface area contributed by atoms with E-state index in [0.29, 0.717) is 16.4 Å². The maximum Gasteiger partial charge on any atom is 0.286 e. The molecule has 0 N–H and O–H groups in total. The number of aliphatic imine (C=N–C) groups is 1. The van der Waals surface area contributed by atoms with E-state index in [9.17, 15) is 14.9 Å². The first-order chi connectivity index (χ1) is 16.1. The van der Waals surface area contributed by atoms with Crippen molar-refractivity contribution in [3.8, 4) is 11.3 Å². The number of furan rings is 1. The molecule has 1 saturated heterocycles. The van der Waals surface area contributed by atoms with E-state index < -0.39 is 4.92 Å². The number of hydrogen-bond acceptors (Lipinski definition) is 7. The normalized spacial score (nSPS) is 17.5. The van der Waals surface area contributed by atoms with Crippen molar-refractivity contribution in [2.75, 3.05) is 31.1 Å². The molecular formula is C24H20N4O4S. The number of carbonyl (C=O) groups excluding carboxylic acids is 1. The highest BCUT2D eigenvalue weighted by molar-refractivity contribution is 8.18. The van der Waals surface area contributed by atoms with Gasteiger partial charge in [0.15, 0.2) is 5.17 Å². The van der Waals surface area contributed by atoms with Crippen molar-refractivity contribution in [3.63, 3.8) is 0 Å². The van der Waals surface area contributed by atoms with Crippen LogP contribution in [-0.2, 0) is 4.79 Å². The third kappa shape index (κ3) is 4.54. The van der Waals surface area contributed by atoms with E-state index >= 15 is 0 Å². The van der Waals surface area contributed by atoms with E-state index in [4.69, 9.17) is 4.42 Å². The number of nitrogens with zero attached hydrogens (tertiary/aromatic N) is 4. The Balaban J connectivity index is 1.23. The van der Waals surface area contributed by atoms with Crippen LogP contribution in [-0.4, -0.2) is 47.1 Å². The lowest BCUT2D eigenvalue weighted by Gasteiger charge is -2.36. The number of nitro groups is 1. The van der Waals surface area contributed by atoms with Gasteiger partial charge in [-0.15, -0.1) is 0 Å². The second-order valence-electron chi connectivity index (χ2n) is 7.63. The van der Waals surface area contributed by atoms with Gasteiger partial charge in [0.2, 0.25) is 0 Å². The number of thioether (sulfide) groups is 1. The zero-order valence-electron chi connectivity index (χ0n) is 17.6. The molecule has 2 aliphatic heterocycles. The molecule has 0 unspecified atom stereocenters. The minimum Gasteiger partial charge on any atom is -0.457 e. The first kappa shape index (κ1) is 21.0. The molecule has 5 rings (SSSR count). The number of para-hydroxylation sites is 1. The Hall–Kier alpha value is -3.85. The summed E-state index contributed by atoms with van der Waals surface area (Å²) in [5.41, 5.74) is 1.95. The smallest absolute Gasteiger partial charge is 0.286 e. The molecule has 166 valence electrons. The van der Waals surface area contributed by atoms with Gasteiger partial charge in [0.1, 0.15) is 11.5 Å². The largest absolute Gasteiger partial charge is 0.457 e. The summed E-state index contributed by atoms with van der Waals surface area (Å²) >= 11 is 1.36. The first-order valence-electron chi connectivity index (χ1n) is 10.5. The summed E-state index contributed by atoms with van der Waals surface area (Å²) in [6, 6.07) is 20.0. The molecule has 0 spiro atoms. The molecule has 9 heteroatoms. The number of carbonyl (C=O) groups is 1. The molecule has 33 heavy (non-hydrogen) atoms. The highest BCUT2D eigenvalue weighted by Gasteiger charge is 2.28. The quantitative estimate of drug-likeness (QED) is 0.318. The maximum absolute atomic E-state index is 12.5. The summed E-state index contributed by atoms with van der Waals surface area (Å²) in [6.45, 7) is 3.33. The lowest BCUT2D eigenvalue weighted by atomic mass is 10.1. The lowest BCUT2D eigenvalue weighted by molar-refractivity contribution is -0.384. The Morgan fingerprint density at radius 2 is 1.64 bits per heavy atom. The molecule has 0 atom stereocenters. The Morgan fingerprint density at radius 1 is 0.939 bits per heavy atom. The molecule has 0 aliphatic carbocycles. The van der Waals surface area contributed by atoms with Crippen molar-refractivity contribution in [1.29, 1.82) is 0 Å². The molecule has 1 aromatic heterocycles. The zero-order valence-corrected chi connectivity index (χ0v) is 18.4. The van der Waals surface area contributed by atoms with Gasteiger partial charge < -0.3 is 14.2 Å². The molecule has 3 heterocycles. The highest BCUT2D eigenvalue weighted by Crippen LogP contribution is 2.32. The van der Waals surface area contributed by atoms with Crippen LogP contribution < -0.4 is 4.90 Å². The molecule has 1 amide bonds. The van der Waals surface area contributed by atoms with Crippen LogP contribution in [0.25, 0.3) is 17.4 Å². The van der Waals surface area contributed by atoms with Gasteiger partial charge in [-0.3, -0.25) is 14.9 Å². The van der Waals surface area contributed by atoms with Crippen LogP contribution in [0.15, 0.2) is 81.0 Å². The topological polar surface area (TPSA) is 92.2 Å². The predicted octanol–water partition coefficient (Wildman–Crippen LogP) is 4.65. The Morgan fingerprint density at radius 3 is 2.33 bits per heavy atom. The minimum atomic E-state index is -0.441. The number of amidine groups is 1. The standard InChI is InChI=1S/C24H20N4O4S/c29-23-22(16-20-10-11-21(32-20)17-6-8-19(9-7-17)28(30)31)33-24(25-23)27-14-12-26(13-15-27)18-4-2-1-3-5-18/h1-11,16H,12-15H2. The second kappa shape index (κ2) is 8.95. The van der Waals surface area contributed by atoms with Gasteiger partial charge in [-0.1, -0.05) is 18.2 Å². The maximum atomic E-state index is 12.5. The third-order valence-electron chi connectivity index (χ3n) is 5.54. The fraction of sp³-hybridized carbons (Fsp3) is 0.167. The fourth-order valence-corrected chi connectivity index (χ4v) is 4.74. The first-order valence-corrected chi connectivity index (χ1v) is 11.3. The number of non-ortho nitro benzene ring substituents is 1. The molecule has 0 bridgehead atoms. The Kier molecular flexibility index (Phi) is 5.70. The average Bonchev–Trinajstić information content (AvgIpc) is 3.47. The van der Waals surface area contributed by atoms with Crippen molar-refractivity contribution >= 4 is 40.3 Å². The van der Waals surface area contributed by atoms with E-state index in [1.807, 2.05) is 18.2 Å². The van der Waals surface area contributed by atoms with E-state index in [1.54, 1.807) is 30.3 Å². The zero-order chi connectivity index (χ0) is 22.8. The molecule has 2 aliphatic rings. The summed E-state index contributed by atoms with van der Waals surface area (Å²) in [4.78, 5) is 32.1. The van der Waals surface area contributed by atoms with Crippen molar-refractivity contribution in [2.45, 2.75) is 0 Å². The van der Waals surface area contributed by atoms with Crippen molar-refractivity contribution in [1.82, 2.24) is 4.90 Å². The van der Waals surface area contributed by atoms with Gasteiger partial charge in [-0.25, -0.2) is 0 Å². The molecule has 0 saturated carbocycles. The summed E-state index contributed by atoms with van der Waals surface area (Å²) in [5.74, 6) is 0.837. The average molecular weight is 461 g/mol. The molecule has 2 aromatic carbocycles. The molecule has 0 radical (unpaired) electrons. The number of amides is 1. The van der Waals surface area contributed by atoms with Crippen LogP contribution in [0.5, 0.6) is 0 Å². The number of hydrogen-bond donors (Lipinski definition) is 0. The van der Waals surface area contributed by atoms with Gasteiger partial charge >= 0.3 is 0 Å². The van der Waals surface area contributed by atoms with E-state index in [2.05, 4.69) is 26.9 Å².